The van der Waals surface area contributed by atoms with Gasteiger partial charge in [-0.1, -0.05) is 6.07 Å². The number of carbonyl (C=O) groups is 1. The van der Waals surface area contributed by atoms with Gasteiger partial charge in [-0.15, -0.1) is 0 Å². The van der Waals surface area contributed by atoms with Crippen LogP contribution in [0.25, 0.3) is 0 Å². The van der Waals surface area contributed by atoms with E-state index in [9.17, 15) is 4.79 Å². The average molecular weight is 219 g/mol. The van der Waals surface area contributed by atoms with Crippen LogP contribution in [0.15, 0.2) is 29.3 Å². The third kappa shape index (κ3) is 2.31. The smallest absolute Gasteiger partial charge is 0.290 e. The molecule has 1 aromatic carbocycles. The summed E-state index contributed by atoms with van der Waals surface area (Å²) in [5, 5.41) is 5.66. The molecular formula is C11H13N3O2. The molecule has 0 saturated heterocycles. The van der Waals surface area contributed by atoms with E-state index in [1.54, 1.807) is 19.2 Å². The fourth-order valence-corrected chi connectivity index (χ4v) is 1.44. The fourth-order valence-electron chi connectivity index (χ4n) is 1.44. The van der Waals surface area contributed by atoms with Gasteiger partial charge in [-0.2, -0.15) is 0 Å². The number of rotatable bonds is 3. The van der Waals surface area contributed by atoms with Crippen LogP contribution in [-0.2, 0) is 4.79 Å². The molecule has 1 aliphatic rings. The monoisotopic (exact) mass is 219 g/mol. The summed E-state index contributed by atoms with van der Waals surface area (Å²) in [6, 6.07) is 7.20. The van der Waals surface area contributed by atoms with Crippen molar-refractivity contribution in [2.75, 3.05) is 25.5 Å². The highest BCUT2D eigenvalue weighted by Gasteiger charge is 2.14. The van der Waals surface area contributed by atoms with E-state index >= 15 is 0 Å². The molecule has 0 unspecified atom stereocenters. The first-order chi connectivity index (χ1) is 7.79. The molecule has 2 N–H and O–H groups in total. The van der Waals surface area contributed by atoms with Gasteiger partial charge in [0.2, 0.25) is 0 Å². The molecule has 0 spiro atoms. The normalized spacial score (nSPS) is 13.9. The third-order valence-electron chi connectivity index (χ3n) is 2.22. The molecule has 5 nitrogen and oxygen atoms in total. The van der Waals surface area contributed by atoms with Crippen LogP contribution in [0.4, 0.5) is 5.69 Å². The number of methoxy groups -OCH3 is 1. The lowest BCUT2D eigenvalue weighted by Gasteiger charge is -2.06. The number of amidine groups is 1. The van der Waals surface area contributed by atoms with E-state index in [-0.39, 0.29) is 5.91 Å². The minimum atomic E-state index is -0.217. The number of hydrogen-bond acceptors (Lipinski definition) is 4. The molecule has 84 valence electrons. The van der Waals surface area contributed by atoms with Gasteiger partial charge < -0.3 is 15.4 Å². The zero-order valence-electron chi connectivity index (χ0n) is 8.99. The summed E-state index contributed by atoms with van der Waals surface area (Å²) in [7, 11) is 1.59. The maximum absolute atomic E-state index is 11.7. The molecule has 0 atom stereocenters. The van der Waals surface area contributed by atoms with E-state index in [1.807, 2.05) is 12.1 Å². The van der Waals surface area contributed by atoms with Gasteiger partial charge in [0.15, 0.2) is 5.84 Å². The van der Waals surface area contributed by atoms with E-state index in [2.05, 4.69) is 15.6 Å². The molecule has 16 heavy (non-hydrogen) atoms. The summed E-state index contributed by atoms with van der Waals surface area (Å²) >= 11 is 0. The maximum Gasteiger partial charge on any atom is 0.290 e. The van der Waals surface area contributed by atoms with Gasteiger partial charge in [0.05, 0.1) is 13.7 Å². The molecular weight excluding hydrogens is 206 g/mol. The highest BCUT2D eigenvalue weighted by atomic mass is 16.5. The number of hydrogen-bond donors (Lipinski definition) is 2. The van der Waals surface area contributed by atoms with Crippen LogP contribution in [0, 0.1) is 0 Å². The predicted octanol–water partition coefficient (Wildman–Crippen LogP) is 0.635. The van der Waals surface area contributed by atoms with Crippen LogP contribution in [0.3, 0.4) is 0 Å². The lowest BCUT2D eigenvalue weighted by atomic mass is 10.3. The van der Waals surface area contributed by atoms with Crippen molar-refractivity contribution in [1.29, 1.82) is 0 Å². The van der Waals surface area contributed by atoms with E-state index in [0.717, 1.165) is 6.54 Å². The molecule has 5 heteroatoms. The topological polar surface area (TPSA) is 62.7 Å². The lowest BCUT2D eigenvalue weighted by molar-refractivity contribution is -0.110. The van der Waals surface area contributed by atoms with Crippen molar-refractivity contribution in [2.24, 2.45) is 4.99 Å². The zero-order valence-corrected chi connectivity index (χ0v) is 8.99. The highest BCUT2D eigenvalue weighted by Crippen LogP contribution is 2.16. The molecule has 0 radical (unpaired) electrons. The first-order valence-electron chi connectivity index (χ1n) is 5.03. The van der Waals surface area contributed by atoms with Crippen molar-refractivity contribution >= 4 is 17.4 Å². The number of amides is 1. The van der Waals surface area contributed by atoms with Crippen LogP contribution in [-0.4, -0.2) is 31.9 Å². The molecule has 1 amide bonds. The number of nitrogens with one attached hydrogen (secondary N) is 2. The largest absolute Gasteiger partial charge is 0.497 e. The summed E-state index contributed by atoms with van der Waals surface area (Å²) in [6.45, 7) is 1.38. The third-order valence-corrected chi connectivity index (χ3v) is 2.22. The summed E-state index contributed by atoms with van der Waals surface area (Å²) in [5.41, 5.74) is 0.695. The number of ether oxygens (including phenoxy) is 1. The quantitative estimate of drug-likeness (QED) is 0.784. The van der Waals surface area contributed by atoms with Crippen molar-refractivity contribution in [2.45, 2.75) is 0 Å². The molecule has 1 heterocycles. The van der Waals surface area contributed by atoms with E-state index in [0.29, 0.717) is 23.8 Å². The molecule has 0 aliphatic carbocycles. The molecule has 0 bridgehead atoms. The minimum Gasteiger partial charge on any atom is -0.497 e. The second-order valence-electron chi connectivity index (χ2n) is 3.34. The highest BCUT2D eigenvalue weighted by molar-refractivity contribution is 6.42. The summed E-state index contributed by atoms with van der Waals surface area (Å²) < 4.78 is 5.06. The Morgan fingerprint density at radius 1 is 1.56 bits per heavy atom. The fraction of sp³-hybridized carbons (Fsp3) is 0.273. The lowest BCUT2D eigenvalue weighted by Crippen LogP contribution is -2.32. The molecule has 1 aliphatic heterocycles. The van der Waals surface area contributed by atoms with Crippen LogP contribution in [0.1, 0.15) is 0 Å². The first kappa shape index (κ1) is 10.5. The Bertz CT molecular complexity index is 429. The summed E-state index contributed by atoms with van der Waals surface area (Å²) in [6.07, 6.45) is 0. The first-order valence-corrected chi connectivity index (χ1v) is 5.03. The maximum atomic E-state index is 11.7. The van der Waals surface area contributed by atoms with Gasteiger partial charge in [0.1, 0.15) is 5.75 Å². The molecule has 0 aromatic heterocycles. The van der Waals surface area contributed by atoms with Crippen molar-refractivity contribution in [3.05, 3.63) is 24.3 Å². The summed E-state index contributed by atoms with van der Waals surface area (Å²) in [4.78, 5) is 15.7. The Morgan fingerprint density at radius 2 is 2.44 bits per heavy atom. The number of benzene rings is 1. The Labute approximate surface area is 93.5 Å². The predicted molar refractivity (Wildman–Crippen MR) is 61.9 cm³/mol. The second-order valence-corrected chi connectivity index (χ2v) is 3.34. The van der Waals surface area contributed by atoms with Gasteiger partial charge in [-0.05, 0) is 12.1 Å². The van der Waals surface area contributed by atoms with Gasteiger partial charge in [0.25, 0.3) is 5.91 Å². The van der Waals surface area contributed by atoms with E-state index in [4.69, 9.17) is 4.74 Å². The Balaban J connectivity index is 2.05. The van der Waals surface area contributed by atoms with Crippen molar-refractivity contribution in [3.8, 4) is 5.75 Å². The standard InChI is InChI=1S/C11H13N3O2/c1-16-9-4-2-3-8(7-9)14-11(15)10-12-5-6-13-10/h2-4,7H,5-6H2,1H3,(H,12,13)(H,14,15). The van der Waals surface area contributed by atoms with Crippen LogP contribution in [0.2, 0.25) is 0 Å². The van der Waals surface area contributed by atoms with Gasteiger partial charge >= 0.3 is 0 Å². The minimum absolute atomic E-state index is 0.217. The molecule has 2 rings (SSSR count). The van der Waals surface area contributed by atoms with E-state index < -0.39 is 0 Å². The average Bonchev–Trinajstić information content (AvgIpc) is 2.83. The number of anilines is 1. The van der Waals surface area contributed by atoms with Crippen molar-refractivity contribution in [3.63, 3.8) is 0 Å². The number of aliphatic imine (C=N–C) groups is 1. The van der Waals surface area contributed by atoms with Crippen LogP contribution in [0.5, 0.6) is 5.75 Å². The van der Waals surface area contributed by atoms with Crippen molar-refractivity contribution in [1.82, 2.24) is 5.32 Å². The summed E-state index contributed by atoms with van der Waals surface area (Å²) in [5.74, 6) is 0.882. The SMILES string of the molecule is COc1cccc(NC(=O)C2=NCCN2)c1. The van der Waals surface area contributed by atoms with Gasteiger partial charge in [-0.25, -0.2) is 0 Å². The number of nitrogens with zero attached hydrogens (tertiary/aromatic N) is 1. The Kier molecular flexibility index (Phi) is 3.05. The van der Waals surface area contributed by atoms with Crippen molar-refractivity contribution < 1.29 is 9.53 Å². The van der Waals surface area contributed by atoms with Gasteiger partial charge in [0, 0.05) is 18.3 Å². The zero-order chi connectivity index (χ0) is 11.4. The van der Waals surface area contributed by atoms with E-state index in [1.165, 1.54) is 0 Å². The number of carbonyl (C=O) groups excluding carboxylic acids is 1. The molecule has 0 saturated carbocycles. The Hall–Kier alpha value is -2.04. The Morgan fingerprint density at radius 3 is 3.12 bits per heavy atom. The van der Waals surface area contributed by atoms with Gasteiger partial charge in [-0.3, -0.25) is 9.79 Å². The molecule has 0 fully saturated rings. The molecule has 1 aromatic rings. The van der Waals surface area contributed by atoms with Crippen LogP contribution >= 0.6 is 0 Å². The van der Waals surface area contributed by atoms with Crippen LogP contribution < -0.4 is 15.4 Å². The second kappa shape index (κ2) is 4.65.